The summed E-state index contributed by atoms with van der Waals surface area (Å²) in [6.07, 6.45) is 0. The molecule has 0 unspecified atom stereocenters. The smallest absolute Gasteiger partial charge is 0.378 e. The van der Waals surface area contributed by atoms with Crippen molar-refractivity contribution in [1.82, 2.24) is 4.57 Å². The van der Waals surface area contributed by atoms with E-state index in [0.717, 1.165) is 0 Å². The van der Waals surface area contributed by atoms with Gasteiger partial charge in [-0.2, -0.15) is 0 Å². The highest BCUT2D eigenvalue weighted by Gasteiger charge is 2.28. The van der Waals surface area contributed by atoms with Crippen molar-refractivity contribution < 1.29 is 32.7 Å². The molecule has 0 atom stereocenters. The van der Waals surface area contributed by atoms with Gasteiger partial charge in [-0.1, -0.05) is 0 Å². The Morgan fingerprint density at radius 2 is 1.60 bits per heavy atom. The van der Waals surface area contributed by atoms with Crippen molar-refractivity contribution in [3.63, 3.8) is 0 Å². The zero-order chi connectivity index (χ0) is 19.0. The summed E-state index contributed by atoms with van der Waals surface area (Å²) in [5, 5.41) is 11.1. The summed E-state index contributed by atoms with van der Waals surface area (Å²) >= 11 is 0. The van der Waals surface area contributed by atoms with Crippen molar-refractivity contribution in [3.8, 4) is 0 Å². The number of hydrogen-bond acceptors (Lipinski definition) is 3. The van der Waals surface area contributed by atoms with Gasteiger partial charge < -0.3 is 15.0 Å². The molecule has 2 N–H and O–H groups in total. The zero-order valence-electron chi connectivity index (χ0n) is 13.4. The molecule has 0 aliphatic heterocycles. The molecule has 2 aromatic rings. The molecule has 0 aliphatic carbocycles. The van der Waals surface area contributed by atoms with Gasteiger partial charge in [0.05, 0.1) is 5.56 Å². The second-order valence-corrected chi connectivity index (χ2v) is 5.34. The number of nitrogens with one attached hydrogen (secondary N) is 1. The van der Waals surface area contributed by atoms with E-state index < -0.39 is 35.1 Å². The van der Waals surface area contributed by atoms with Crippen molar-refractivity contribution in [2.24, 2.45) is 7.05 Å². The van der Waals surface area contributed by atoms with Gasteiger partial charge in [0.15, 0.2) is 17.5 Å². The Morgan fingerprint density at radius 3 is 2.08 bits per heavy atom. The maximum atomic E-state index is 13.2. The van der Waals surface area contributed by atoms with Crippen LogP contribution in [0.3, 0.4) is 0 Å². The van der Waals surface area contributed by atoms with Crippen LogP contribution >= 0.6 is 0 Å². The Labute approximate surface area is 139 Å². The minimum Gasteiger partial charge on any atom is -0.475 e. The number of aliphatic carboxylic acids is 1. The molecule has 0 aliphatic rings. The average molecular weight is 354 g/mol. The highest BCUT2D eigenvalue weighted by Crippen LogP contribution is 2.24. The third-order valence-corrected chi connectivity index (χ3v) is 3.81. The number of anilines is 1. The van der Waals surface area contributed by atoms with Gasteiger partial charge >= 0.3 is 5.97 Å². The molecule has 132 valence electrons. The lowest BCUT2D eigenvalue weighted by Gasteiger charge is -2.07. The van der Waals surface area contributed by atoms with Crippen molar-refractivity contribution in [2.45, 2.75) is 13.8 Å². The lowest BCUT2D eigenvalue weighted by molar-refractivity contribution is -0.131. The minimum absolute atomic E-state index is 0.0164. The number of ketones is 1. The molecule has 0 saturated carbocycles. The van der Waals surface area contributed by atoms with Crippen molar-refractivity contribution in [1.29, 1.82) is 0 Å². The predicted molar refractivity (Wildman–Crippen MR) is 81.1 cm³/mol. The Bertz CT molecular complexity index is 896. The van der Waals surface area contributed by atoms with Gasteiger partial charge in [0.1, 0.15) is 5.69 Å². The van der Waals surface area contributed by atoms with Crippen LogP contribution < -0.4 is 5.32 Å². The molecule has 1 aromatic carbocycles. The molecule has 0 saturated heterocycles. The minimum atomic E-state index is -1.68. The number of nitrogens with zero attached hydrogens (tertiary/aromatic N) is 1. The number of aromatic nitrogens is 1. The van der Waals surface area contributed by atoms with Crippen LogP contribution in [0.1, 0.15) is 32.1 Å². The summed E-state index contributed by atoms with van der Waals surface area (Å²) in [5.41, 5.74) is -0.144. The molecule has 0 radical (unpaired) electrons. The SMILES string of the molecule is Cc1c(C(=O)Nc2cc(F)c(F)c(F)c2)c(C)n(C)c1C(=O)C(=O)O. The van der Waals surface area contributed by atoms with Crippen LogP contribution in [0.2, 0.25) is 0 Å². The highest BCUT2D eigenvalue weighted by atomic mass is 19.2. The van der Waals surface area contributed by atoms with Gasteiger partial charge in [0.25, 0.3) is 11.7 Å². The molecule has 2 rings (SSSR count). The number of benzene rings is 1. The molecule has 0 bridgehead atoms. The Morgan fingerprint density at radius 1 is 1.08 bits per heavy atom. The maximum absolute atomic E-state index is 13.2. The number of halogens is 3. The lowest BCUT2D eigenvalue weighted by Crippen LogP contribution is -2.18. The van der Waals surface area contributed by atoms with E-state index in [1.165, 1.54) is 25.5 Å². The third-order valence-electron chi connectivity index (χ3n) is 3.81. The standard InChI is InChI=1S/C16H13F3N2O4/c1-6-11(7(2)21(3)13(6)14(22)16(24)25)15(23)20-8-4-9(17)12(19)10(18)5-8/h4-5H,1-3H3,(H,20,23)(H,24,25). The quantitative estimate of drug-likeness (QED) is 0.502. The normalized spacial score (nSPS) is 10.6. The van der Waals surface area contributed by atoms with Crippen LogP contribution in [-0.4, -0.2) is 27.3 Å². The van der Waals surface area contributed by atoms with E-state index in [2.05, 4.69) is 5.32 Å². The fourth-order valence-corrected chi connectivity index (χ4v) is 2.56. The number of hydrogen-bond donors (Lipinski definition) is 2. The van der Waals surface area contributed by atoms with E-state index in [1.54, 1.807) is 0 Å². The van der Waals surface area contributed by atoms with Gasteiger partial charge in [0, 0.05) is 30.6 Å². The summed E-state index contributed by atoms with van der Waals surface area (Å²) in [5.74, 6) is -8.31. The molecular weight excluding hydrogens is 341 g/mol. The van der Waals surface area contributed by atoms with Crippen molar-refractivity contribution >= 4 is 23.3 Å². The van der Waals surface area contributed by atoms with Crippen LogP contribution in [0.25, 0.3) is 0 Å². The summed E-state index contributed by atoms with van der Waals surface area (Å²) in [4.78, 5) is 35.1. The topological polar surface area (TPSA) is 88.4 Å². The van der Waals surface area contributed by atoms with Crippen molar-refractivity contribution in [2.75, 3.05) is 5.32 Å². The molecule has 1 aromatic heterocycles. The average Bonchev–Trinajstić information content (AvgIpc) is 2.73. The first kappa shape index (κ1) is 18.2. The number of carboxylic acids is 1. The van der Waals surface area contributed by atoms with Crippen LogP contribution in [0, 0.1) is 31.3 Å². The first-order valence-corrected chi connectivity index (χ1v) is 6.95. The van der Waals surface area contributed by atoms with E-state index in [4.69, 9.17) is 5.11 Å². The molecule has 25 heavy (non-hydrogen) atoms. The van der Waals surface area contributed by atoms with E-state index in [9.17, 15) is 27.6 Å². The largest absolute Gasteiger partial charge is 0.475 e. The molecule has 9 heteroatoms. The van der Waals surface area contributed by atoms with Gasteiger partial charge in [-0.3, -0.25) is 9.59 Å². The van der Waals surface area contributed by atoms with Crippen LogP contribution in [0.5, 0.6) is 0 Å². The van der Waals surface area contributed by atoms with Gasteiger partial charge in [-0.25, -0.2) is 18.0 Å². The fraction of sp³-hybridized carbons (Fsp3) is 0.188. The number of Topliss-reactive ketones (excluding diaryl/α,β-unsaturated/α-hetero) is 1. The first-order chi connectivity index (χ1) is 11.6. The first-order valence-electron chi connectivity index (χ1n) is 6.95. The second kappa shape index (κ2) is 6.42. The maximum Gasteiger partial charge on any atom is 0.378 e. The summed E-state index contributed by atoms with van der Waals surface area (Å²) in [6.45, 7) is 2.86. The van der Waals surface area contributed by atoms with E-state index in [-0.39, 0.29) is 28.2 Å². The summed E-state index contributed by atoms with van der Waals surface area (Å²) in [6, 6.07) is 1.21. The number of carbonyl (C=O) groups excluding carboxylic acids is 2. The second-order valence-electron chi connectivity index (χ2n) is 5.34. The lowest BCUT2D eigenvalue weighted by atomic mass is 10.1. The number of amides is 1. The highest BCUT2D eigenvalue weighted by molar-refractivity contribution is 6.40. The predicted octanol–water partition coefficient (Wildman–Crippen LogP) is 2.58. The summed E-state index contributed by atoms with van der Waals surface area (Å²) in [7, 11) is 1.41. The third kappa shape index (κ3) is 3.12. The van der Waals surface area contributed by atoms with E-state index in [1.807, 2.05) is 0 Å². The van der Waals surface area contributed by atoms with E-state index >= 15 is 0 Å². The molecule has 1 heterocycles. The Balaban J connectivity index is 2.46. The van der Waals surface area contributed by atoms with E-state index in [0.29, 0.717) is 12.1 Å². The van der Waals surface area contributed by atoms with Crippen LogP contribution in [0.4, 0.5) is 18.9 Å². The number of rotatable bonds is 4. The van der Waals surface area contributed by atoms with Gasteiger partial charge in [-0.05, 0) is 19.4 Å². The monoisotopic (exact) mass is 354 g/mol. The zero-order valence-corrected chi connectivity index (χ0v) is 13.4. The summed E-state index contributed by atoms with van der Waals surface area (Å²) < 4.78 is 40.7. The molecule has 0 spiro atoms. The van der Waals surface area contributed by atoms with Gasteiger partial charge in [-0.15, -0.1) is 0 Å². The van der Waals surface area contributed by atoms with Crippen molar-refractivity contribution in [3.05, 3.63) is 52.1 Å². The molecule has 1 amide bonds. The molecular formula is C16H13F3N2O4. The number of carbonyl (C=O) groups is 3. The van der Waals surface area contributed by atoms with Crippen LogP contribution in [-0.2, 0) is 11.8 Å². The Hall–Kier alpha value is -3.10. The van der Waals surface area contributed by atoms with Gasteiger partial charge in [0.2, 0.25) is 0 Å². The fourth-order valence-electron chi connectivity index (χ4n) is 2.56. The molecule has 6 nitrogen and oxygen atoms in total. The number of carboxylic acid groups (broad SMARTS) is 1. The Kier molecular flexibility index (Phi) is 4.69. The van der Waals surface area contributed by atoms with Crippen LogP contribution in [0.15, 0.2) is 12.1 Å². The molecule has 0 fully saturated rings.